The summed E-state index contributed by atoms with van der Waals surface area (Å²) in [7, 11) is 2.80. The first-order chi connectivity index (χ1) is 15.8. The van der Waals surface area contributed by atoms with Crippen LogP contribution in [0.2, 0.25) is 0 Å². The van der Waals surface area contributed by atoms with Crippen molar-refractivity contribution in [3.63, 3.8) is 0 Å². The average Bonchev–Trinajstić information content (AvgIpc) is 2.83. The van der Waals surface area contributed by atoms with Crippen molar-refractivity contribution in [3.8, 4) is 11.5 Å². The lowest BCUT2D eigenvalue weighted by Gasteiger charge is -2.15. The lowest BCUT2D eigenvalue weighted by molar-refractivity contribution is -0.147. The minimum Gasteiger partial charge on any atom is -0.493 e. The number of carbonyl (C=O) groups excluding carboxylic acids is 1. The SMILES string of the molecule is CC[C@H](C)c1nc2ccc(Br)cc2c(=O)n1N=Cc1ccc(O[C@H](C)C(=O)OC)c(OC)c1. The Labute approximate surface area is 200 Å². The molecule has 174 valence electrons. The van der Waals surface area contributed by atoms with Crippen molar-refractivity contribution in [1.29, 1.82) is 0 Å². The first kappa shape index (κ1) is 24.4. The lowest BCUT2D eigenvalue weighted by Crippen LogP contribution is -2.25. The fraction of sp³-hybridized carbons (Fsp3) is 0.333. The Morgan fingerprint density at radius 1 is 1.18 bits per heavy atom. The van der Waals surface area contributed by atoms with E-state index >= 15 is 0 Å². The lowest BCUT2D eigenvalue weighted by atomic mass is 10.1. The molecule has 0 fully saturated rings. The normalized spacial score (nSPS) is 13.2. The van der Waals surface area contributed by atoms with Crippen LogP contribution >= 0.6 is 15.9 Å². The maximum atomic E-state index is 13.2. The van der Waals surface area contributed by atoms with Gasteiger partial charge in [-0.3, -0.25) is 4.79 Å². The summed E-state index contributed by atoms with van der Waals surface area (Å²) < 4.78 is 17.9. The second-order valence-corrected chi connectivity index (χ2v) is 8.41. The number of methoxy groups -OCH3 is 2. The molecule has 1 aromatic heterocycles. The van der Waals surface area contributed by atoms with Crippen molar-refractivity contribution < 1.29 is 19.0 Å². The van der Waals surface area contributed by atoms with Crippen molar-refractivity contribution >= 4 is 39.0 Å². The first-order valence-electron chi connectivity index (χ1n) is 10.5. The van der Waals surface area contributed by atoms with Crippen molar-refractivity contribution in [2.24, 2.45) is 5.10 Å². The Kier molecular flexibility index (Phi) is 7.86. The minimum absolute atomic E-state index is 0.0352. The highest BCUT2D eigenvalue weighted by Gasteiger charge is 2.18. The van der Waals surface area contributed by atoms with Gasteiger partial charge in [0.2, 0.25) is 0 Å². The van der Waals surface area contributed by atoms with Crippen molar-refractivity contribution in [3.05, 3.63) is 62.6 Å². The molecule has 0 aliphatic carbocycles. The predicted molar refractivity (Wildman–Crippen MR) is 131 cm³/mol. The number of hydrogen-bond donors (Lipinski definition) is 0. The Balaban J connectivity index is 2.02. The van der Waals surface area contributed by atoms with E-state index in [1.165, 1.54) is 18.9 Å². The number of rotatable bonds is 8. The molecule has 0 N–H and O–H groups in total. The maximum Gasteiger partial charge on any atom is 0.346 e. The molecule has 0 radical (unpaired) electrons. The Morgan fingerprint density at radius 3 is 2.61 bits per heavy atom. The third-order valence-corrected chi connectivity index (χ3v) is 5.73. The largest absolute Gasteiger partial charge is 0.493 e. The van der Waals surface area contributed by atoms with E-state index in [9.17, 15) is 9.59 Å². The molecule has 2 aromatic carbocycles. The van der Waals surface area contributed by atoms with Gasteiger partial charge >= 0.3 is 5.97 Å². The molecular formula is C24H26BrN3O5. The summed E-state index contributed by atoms with van der Waals surface area (Å²) in [5, 5.41) is 4.94. The highest BCUT2D eigenvalue weighted by molar-refractivity contribution is 9.10. The second kappa shape index (κ2) is 10.6. The van der Waals surface area contributed by atoms with Crippen LogP contribution in [-0.4, -0.2) is 42.2 Å². The molecule has 0 saturated heterocycles. The van der Waals surface area contributed by atoms with Gasteiger partial charge in [0.15, 0.2) is 17.6 Å². The van der Waals surface area contributed by atoms with Crippen LogP contribution in [0.15, 0.2) is 50.8 Å². The zero-order valence-electron chi connectivity index (χ0n) is 19.2. The van der Waals surface area contributed by atoms with E-state index in [0.29, 0.717) is 33.8 Å². The highest BCUT2D eigenvalue weighted by atomic mass is 79.9. The molecule has 9 heteroatoms. The van der Waals surface area contributed by atoms with Crippen LogP contribution in [0.3, 0.4) is 0 Å². The molecule has 0 amide bonds. The fourth-order valence-electron chi connectivity index (χ4n) is 3.17. The van der Waals surface area contributed by atoms with E-state index in [0.717, 1.165) is 10.9 Å². The average molecular weight is 516 g/mol. The molecule has 33 heavy (non-hydrogen) atoms. The highest BCUT2D eigenvalue weighted by Crippen LogP contribution is 2.29. The van der Waals surface area contributed by atoms with Gasteiger partial charge in [-0.15, -0.1) is 0 Å². The van der Waals surface area contributed by atoms with Crippen LogP contribution < -0.4 is 15.0 Å². The van der Waals surface area contributed by atoms with E-state index < -0.39 is 12.1 Å². The van der Waals surface area contributed by atoms with Crippen LogP contribution in [-0.2, 0) is 9.53 Å². The monoisotopic (exact) mass is 515 g/mol. The number of aromatic nitrogens is 2. The van der Waals surface area contributed by atoms with Crippen molar-refractivity contribution in [2.75, 3.05) is 14.2 Å². The number of halogens is 1. The molecule has 3 aromatic rings. The van der Waals surface area contributed by atoms with Gasteiger partial charge < -0.3 is 14.2 Å². The molecule has 0 unspecified atom stereocenters. The van der Waals surface area contributed by atoms with E-state index in [1.807, 2.05) is 26.0 Å². The number of ether oxygens (including phenoxy) is 3. The van der Waals surface area contributed by atoms with Gasteiger partial charge in [0, 0.05) is 10.4 Å². The number of carbonyl (C=O) groups is 1. The Hall–Kier alpha value is -3.20. The number of fused-ring (bicyclic) bond motifs is 1. The summed E-state index contributed by atoms with van der Waals surface area (Å²) >= 11 is 3.41. The minimum atomic E-state index is -0.789. The van der Waals surface area contributed by atoms with E-state index in [4.69, 9.17) is 19.2 Å². The summed E-state index contributed by atoms with van der Waals surface area (Å²) in [6.45, 7) is 5.64. The molecule has 2 atom stereocenters. The molecule has 3 rings (SSSR count). The van der Waals surface area contributed by atoms with Gasteiger partial charge in [0.25, 0.3) is 5.56 Å². The molecule has 0 spiro atoms. The molecular weight excluding hydrogens is 490 g/mol. The number of esters is 1. The number of nitrogens with zero attached hydrogens (tertiary/aromatic N) is 3. The van der Waals surface area contributed by atoms with E-state index in [2.05, 4.69) is 21.0 Å². The standard InChI is InChI=1S/C24H26BrN3O5/c1-6-14(2)22-27-19-9-8-17(25)12-18(19)23(29)28(22)26-13-16-7-10-20(21(11-16)31-4)33-15(3)24(30)32-5/h7-15H,6H2,1-5H3/t14-,15+/m0/s1. The van der Waals surface area contributed by atoms with E-state index in [1.54, 1.807) is 37.4 Å². The third kappa shape index (κ3) is 5.42. The summed E-state index contributed by atoms with van der Waals surface area (Å²) in [5.41, 5.74) is 1.07. The van der Waals surface area contributed by atoms with Gasteiger partial charge in [0.1, 0.15) is 5.82 Å². The summed E-state index contributed by atoms with van der Waals surface area (Å²) in [6.07, 6.45) is 1.58. The van der Waals surface area contributed by atoms with Crippen molar-refractivity contribution in [1.82, 2.24) is 9.66 Å². The predicted octanol–water partition coefficient (Wildman–Crippen LogP) is 4.50. The Bertz CT molecular complexity index is 1250. The smallest absolute Gasteiger partial charge is 0.346 e. The van der Waals surface area contributed by atoms with Crippen LogP contribution in [0.1, 0.15) is 44.5 Å². The molecule has 0 bridgehead atoms. The Morgan fingerprint density at radius 2 is 1.94 bits per heavy atom. The molecule has 8 nitrogen and oxygen atoms in total. The fourth-order valence-corrected chi connectivity index (χ4v) is 3.53. The van der Waals surface area contributed by atoms with Gasteiger partial charge in [-0.25, -0.2) is 9.78 Å². The third-order valence-electron chi connectivity index (χ3n) is 5.23. The van der Waals surface area contributed by atoms with Gasteiger partial charge in [-0.2, -0.15) is 9.78 Å². The van der Waals surface area contributed by atoms with Gasteiger partial charge in [-0.05, 0) is 55.3 Å². The molecule has 0 aliphatic heterocycles. The molecule has 1 heterocycles. The summed E-state index contributed by atoms with van der Waals surface area (Å²) in [4.78, 5) is 29.6. The van der Waals surface area contributed by atoms with Gasteiger partial charge in [-0.1, -0.05) is 29.8 Å². The zero-order chi connectivity index (χ0) is 24.1. The van der Waals surface area contributed by atoms with Crippen LogP contribution in [0.5, 0.6) is 11.5 Å². The van der Waals surface area contributed by atoms with Crippen LogP contribution in [0.25, 0.3) is 10.9 Å². The summed E-state index contributed by atoms with van der Waals surface area (Å²) in [6, 6.07) is 10.6. The first-order valence-corrected chi connectivity index (χ1v) is 11.3. The molecule has 0 saturated carbocycles. The van der Waals surface area contributed by atoms with Crippen molar-refractivity contribution in [2.45, 2.75) is 39.2 Å². The van der Waals surface area contributed by atoms with Gasteiger partial charge in [0.05, 0.1) is 31.3 Å². The number of hydrogen-bond acceptors (Lipinski definition) is 7. The zero-order valence-corrected chi connectivity index (χ0v) is 20.8. The maximum absolute atomic E-state index is 13.2. The van der Waals surface area contributed by atoms with Crippen LogP contribution in [0, 0.1) is 0 Å². The number of benzene rings is 2. The van der Waals surface area contributed by atoms with E-state index in [-0.39, 0.29) is 11.5 Å². The van der Waals surface area contributed by atoms with Crippen LogP contribution in [0.4, 0.5) is 0 Å². The quantitative estimate of drug-likeness (QED) is 0.323. The summed E-state index contributed by atoms with van der Waals surface area (Å²) in [5.74, 6) is 0.947. The second-order valence-electron chi connectivity index (χ2n) is 7.50. The topological polar surface area (TPSA) is 92.0 Å². The molecule has 0 aliphatic rings.